The average molecular weight is 497 g/mol. The third kappa shape index (κ3) is 7.09. The van der Waals surface area contributed by atoms with Crippen molar-refractivity contribution >= 4 is 35.0 Å². The predicted molar refractivity (Wildman–Crippen MR) is 139 cm³/mol. The molecule has 0 aliphatic heterocycles. The number of halogens is 2. The van der Waals surface area contributed by atoms with Crippen molar-refractivity contribution in [1.29, 1.82) is 0 Å². The number of carbonyl (C=O) groups excluding carboxylic acids is 2. The second kappa shape index (κ2) is 12.0. The standard InChI is InChI=1S/C28H30Cl2N2O2/c1-19(2)31-28(34)26(16-21-8-5-4-6-9-21)32(18-23-24(29)10-7-11-25(23)30)27(33)17-22-14-12-20(3)13-15-22/h4-15,19,26H,16-18H2,1-3H3,(H,31,34). The Labute approximate surface area is 211 Å². The normalized spacial score (nSPS) is 11.8. The zero-order valence-corrected chi connectivity index (χ0v) is 21.2. The van der Waals surface area contributed by atoms with Gasteiger partial charge in [-0.1, -0.05) is 89.4 Å². The molecule has 178 valence electrons. The molecule has 34 heavy (non-hydrogen) atoms. The summed E-state index contributed by atoms with van der Waals surface area (Å²) in [5, 5.41) is 3.91. The van der Waals surface area contributed by atoms with Crippen LogP contribution in [0.15, 0.2) is 72.8 Å². The summed E-state index contributed by atoms with van der Waals surface area (Å²) in [7, 11) is 0. The third-order valence-corrected chi connectivity index (χ3v) is 6.28. The van der Waals surface area contributed by atoms with Crippen molar-refractivity contribution in [2.45, 2.75) is 52.2 Å². The molecule has 1 atom stereocenters. The summed E-state index contributed by atoms with van der Waals surface area (Å²) in [6.07, 6.45) is 0.545. The maximum Gasteiger partial charge on any atom is 0.243 e. The van der Waals surface area contributed by atoms with E-state index in [9.17, 15) is 9.59 Å². The van der Waals surface area contributed by atoms with Gasteiger partial charge in [-0.3, -0.25) is 9.59 Å². The molecule has 0 aromatic heterocycles. The van der Waals surface area contributed by atoms with Crippen LogP contribution in [0, 0.1) is 6.92 Å². The topological polar surface area (TPSA) is 49.4 Å². The number of nitrogens with one attached hydrogen (secondary N) is 1. The molecule has 0 aliphatic carbocycles. The largest absolute Gasteiger partial charge is 0.352 e. The molecule has 0 saturated heterocycles. The molecular weight excluding hydrogens is 467 g/mol. The van der Waals surface area contributed by atoms with E-state index in [2.05, 4.69) is 5.32 Å². The molecular formula is C28H30Cl2N2O2. The summed E-state index contributed by atoms with van der Waals surface area (Å²) in [5.41, 5.74) is 3.59. The quantitative estimate of drug-likeness (QED) is 0.394. The van der Waals surface area contributed by atoms with Crippen molar-refractivity contribution in [2.24, 2.45) is 0 Å². The van der Waals surface area contributed by atoms with Crippen molar-refractivity contribution in [3.05, 3.63) is 105 Å². The van der Waals surface area contributed by atoms with E-state index in [0.29, 0.717) is 22.0 Å². The molecule has 3 rings (SSSR count). The van der Waals surface area contributed by atoms with Crippen LogP contribution in [0.1, 0.15) is 36.1 Å². The molecule has 1 N–H and O–H groups in total. The second-order valence-electron chi connectivity index (χ2n) is 8.75. The molecule has 2 amide bonds. The molecule has 0 bridgehead atoms. The van der Waals surface area contributed by atoms with E-state index in [1.54, 1.807) is 23.1 Å². The van der Waals surface area contributed by atoms with E-state index < -0.39 is 6.04 Å². The van der Waals surface area contributed by atoms with E-state index in [-0.39, 0.29) is 30.8 Å². The van der Waals surface area contributed by atoms with Gasteiger partial charge in [0.15, 0.2) is 0 Å². The van der Waals surface area contributed by atoms with Gasteiger partial charge < -0.3 is 10.2 Å². The van der Waals surface area contributed by atoms with Gasteiger partial charge in [0.1, 0.15) is 6.04 Å². The minimum Gasteiger partial charge on any atom is -0.352 e. The Morgan fingerprint density at radius 1 is 0.853 bits per heavy atom. The van der Waals surface area contributed by atoms with Crippen LogP contribution >= 0.6 is 23.2 Å². The number of benzene rings is 3. The number of hydrogen-bond donors (Lipinski definition) is 1. The van der Waals surface area contributed by atoms with Gasteiger partial charge in [-0.15, -0.1) is 0 Å². The Bertz CT molecular complexity index is 1090. The maximum atomic E-state index is 13.7. The first kappa shape index (κ1) is 25.8. The fourth-order valence-corrected chi connectivity index (χ4v) is 4.29. The first-order valence-corrected chi connectivity index (χ1v) is 12.1. The minimum absolute atomic E-state index is 0.0660. The molecule has 0 spiro atoms. The Hall–Kier alpha value is -2.82. The number of rotatable bonds is 9. The number of aryl methyl sites for hydroxylation is 1. The fraction of sp³-hybridized carbons (Fsp3) is 0.286. The lowest BCUT2D eigenvalue weighted by molar-refractivity contribution is -0.141. The number of nitrogens with zero attached hydrogens (tertiary/aromatic N) is 1. The summed E-state index contributed by atoms with van der Waals surface area (Å²) in [4.78, 5) is 28.7. The van der Waals surface area contributed by atoms with E-state index in [0.717, 1.165) is 16.7 Å². The first-order chi connectivity index (χ1) is 16.2. The fourth-order valence-electron chi connectivity index (χ4n) is 3.77. The summed E-state index contributed by atoms with van der Waals surface area (Å²) in [5.74, 6) is -0.376. The van der Waals surface area contributed by atoms with Gasteiger partial charge in [0, 0.05) is 34.6 Å². The highest BCUT2D eigenvalue weighted by Crippen LogP contribution is 2.27. The molecule has 3 aromatic carbocycles. The third-order valence-electron chi connectivity index (χ3n) is 5.57. The lowest BCUT2D eigenvalue weighted by Crippen LogP contribution is -2.52. The van der Waals surface area contributed by atoms with Crippen molar-refractivity contribution in [3.63, 3.8) is 0 Å². The van der Waals surface area contributed by atoms with Gasteiger partial charge >= 0.3 is 0 Å². The smallest absolute Gasteiger partial charge is 0.243 e. The van der Waals surface area contributed by atoms with Crippen molar-refractivity contribution in [3.8, 4) is 0 Å². The highest BCUT2D eigenvalue weighted by atomic mass is 35.5. The Balaban J connectivity index is 2.01. The van der Waals surface area contributed by atoms with E-state index >= 15 is 0 Å². The monoisotopic (exact) mass is 496 g/mol. The van der Waals surface area contributed by atoms with E-state index in [1.165, 1.54) is 0 Å². The SMILES string of the molecule is Cc1ccc(CC(=O)N(Cc2c(Cl)cccc2Cl)C(Cc2ccccc2)C(=O)NC(C)C)cc1. The minimum atomic E-state index is -0.727. The van der Waals surface area contributed by atoms with Gasteiger partial charge in [-0.2, -0.15) is 0 Å². The molecule has 3 aromatic rings. The van der Waals surface area contributed by atoms with Crippen LogP contribution < -0.4 is 5.32 Å². The molecule has 4 nitrogen and oxygen atoms in total. The van der Waals surface area contributed by atoms with Gasteiger partial charge in [0.2, 0.25) is 11.8 Å². The van der Waals surface area contributed by atoms with Crippen LogP contribution in [0.5, 0.6) is 0 Å². The highest BCUT2D eigenvalue weighted by Gasteiger charge is 2.31. The molecule has 0 heterocycles. The lowest BCUT2D eigenvalue weighted by Gasteiger charge is -2.32. The van der Waals surface area contributed by atoms with E-state index in [1.807, 2.05) is 75.4 Å². The predicted octanol–water partition coefficient (Wildman–Crippen LogP) is 6.01. The molecule has 0 fully saturated rings. The molecule has 6 heteroatoms. The average Bonchev–Trinajstić information content (AvgIpc) is 2.79. The van der Waals surface area contributed by atoms with Crippen LogP contribution in [0.25, 0.3) is 0 Å². The summed E-state index contributed by atoms with van der Waals surface area (Å²) in [6.45, 7) is 5.94. The van der Waals surface area contributed by atoms with Crippen molar-refractivity contribution in [2.75, 3.05) is 0 Å². The molecule has 0 radical (unpaired) electrons. The summed E-state index contributed by atoms with van der Waals surface area (Å²) in [6, 6.07) is 22.0. The summed E-state index contributed by atoms with van der Waals surface area (Å²) >= 11 is 12.9. The van der Waals surface area contributed by atoms with Crippen LogP contribution in [0.3, 0.4) is 0 Å². The number of carbonyl (C=O) groups is 2. The molecule has 1 unspecified atom stereocenters. The van der Waals surface area contributed by atoms with Gasteiger partial charge in [0.05, 0.1) is 6.42 Å². The van der Waals surface area contributed by atoms with Crippen molar-refractivity contribution in [1.82, 2.24) is 10.2 Å². The van der Waals surface area contributed by atoms with Crippen LogP contribution in [0.2, 0.25) is 10.0 Å². The first-order valence-electron chi connectivity index (χ1n) is 11.4. The Morgan fingerprint density at radius 2 is 1.47 bits per heavy atom. The molecule has 0 aliphatic rings. The van der Waals surface area contributed by atoms with Crippen LogP contribution in [0.4, 0.5) is 0 Å². The zero-order valence-electron chi connectivity index (χ0n) is 19.7. The van der Waals surface area contributed by atoms with Crippen LogP contribution in [-0.4, -0.2) is 28.8 Å². The Morgan fingerprint density at radius 3 is 2.06 bits per heavy atom. The lowest BCUT2D eigenvalue weighted by atomic mass is 10.0. The van der Waals surface area contributed by atoms with Crippen LogP contribution in [-0.2, 0) is 29.0 Å². The van der Waals surface area contributed by atoms with Crippen molar-refractivity contribution < 1.29 is 9.59 Å². The second-order valence-corrected chi connectivity index (χ2v) is 9.57. The highest BCUT2D eigenvalue weighted by molar-refractivity contribution is 6.36. The number of hydrogen-bond acceptors (Lipinski definition) is 2. The zero-order chi connectivity index (χ0) is 24.7. The van der Waals surface area contributed by atoms with Gasteiger partial charge in [-0.05, 0) is 44.0 Å². The van der Waals surface area contributed by atoms with E-state index in [4.69, 9.17) is 23.2 Å². The summed E-state index contributed by atoms with van der Waals surface area (Å²) < 4.78 is 0. The maximum absolute atomic E-state index is 13.7. The van der Waals surface area contributed by atoms with Gasteiger partial charge in [-0.25, -0.2) is 0 Å². The van der Waals surface area contributed by atoms with Gasteiger partial charge in [0.25, 0.3) is 0 Å². The number of amides is 2. The Kier molecular flexibility index (Phi) is 9.14. The molecule has 0 saturated carbocycles.